The van der Waals surface area contributed by atoms with Gasteiger partial charge in [-0.15, -0.1) is 6.58 Å². The predicted octanol–water partition coefficient (Wildman–Crippen LogP) is 2.82. The molecule has 0 spiro atoms. The first kappa shape index (κ1) is 12.5. The second-order valence-electron chi connectivity index (χ2n) is 5.29. The molecule has 1 fully saturated rings. The van der Waals surface area contributed by atoms with E-state index in [2.05, 4.69) is 23.6 Å². The molecule has 0 N–H and O–H groups in total. The first-order valence-corrected chi connectivity index (χ1v) is 6.99. The molecule has 3 nitrogen and oxygen atoms in total. The van der Waals surface area contributed by atoms with Crippen LogP contribution in [0.25, 0.3) is 0 Å². The highest BCUT2D eigenvalue weighted by molar-refractivity contribution is 5.50. The number of hydrogen-bond donors (Lipinski definition) is 0. The number of methoxy groups -OCH3 is 1. The minimum atomic E-state index is 0.478. The molecule has 0 aromatic heterocycles. The van der Waals surface area contributed by atoms with E-state index in [-0.39, 0.29) is 0 Å². The van der Waals surface area contributed by atoms with E-state index in [4.69, 9.17) is 9.47 Å². The van der Waals surface area contributed by atoms with E-state index in [1.165, 1.54) is 18.4 Å². The lowest BCUT2D eigenvalue weighted by molar-refractivity contribution is 0.0734. The summed E-state index contributed by atoms with van der Waals surface area (Å²) >= 11 is 0. The summed E-state index contributed by atoms with van der Waals surface area (Å²) in [4.78, 5) is 2.49. The van der Waals surface area contributed by atoms with Crippen molar-refractivity contribution in [3.8, 4) is 11.5 Å². The van der Waals surface area contributed by atoms with Gasteiger partial charge in [0.1, 0.15) is 6.61 Å². The Morgan fingerprint density at radius 2 is 2.42 bits per heavy atom. The molecular formula is C16H21NO2. The van der Waals surface area contributed by atoms with Crippen LogP contribution in [-0.2, 0) is 0 Å². The predicted molar refractivity (Wildman–Crippen MR) is 76.0 cm³/mol. The number of hydrogen-bond acceptors (Lipinski definition) is 3. The topological polar surface area (TPSA) is 21.7 Å². The zero-order chi connectivity index (χ0) is 13.2. The van der Waals surface area contributed by atoms with Gasteiger partial charge in [0.05, 0.1) is 13.2 Å². The summed E-state index contributed by atoms with van der Waals surface area (Å²) in [6.07, 6.45) is 4.47. The highest BCUT2D eigenvalue weighted by atomic mass is 16.5. The second kappa shape index (κ2) is 5.25. The van der Waals surface area contributed by atoms with E-state index in [1.807, 2.05) is 12.1 Å². The number of fused-ring (bicyclic) bond motifs is 3. The van der Waals surface area contributed by atoms with Crippen LogP contribution in [0.4, 0.5) is 0 Å². The highest BCUT2D eigenvalue weighted by Crippen LogP contribution is 2.45. The van der Waals surface area contributed by atoms with Crippen molar-refractivity contribution in [2.24, 2.45) is 0 Å². The van der Waals surface area contributed by atoms with Gasteiger partial charge in [0.15, 0.2) is 11.5 Å². The molecule has 0 radical (unpaired) electrons. The molecule has 2 atom stereocenters. The van der Waals surface area contributed by atoms with Gasteiger partial charge < -0.3 is 9.47 Å². The van der Waals surface area contributed by atoms with Crippen LogP contribution in [0.15, 0.2) is 30.9 Å². The number of ether oxygens (including phenoxy) is 2. The Labute approximate surface area is 114 Å². The number of benzene rings is 1. The molecule has 3 rings (SSSR count). The van der Waals surface area contributed by atoms with Crippen LogP contribution in [0, 0.1) is 0 Å². The average molecular weight is 259 g/mol. The van der Waals surface area contributed by atoms with Crippen LogP contribution in [0.3, 0.4) is 0 Å². The van der Waals surface area contributed by atoms with Crippen LogP contribution in [0.1, 0.15) is 24.3 Å². The smallest absolute Gasteiger partial charge is 0.164 e. The summed E-state index contributed by atoms with van der Waals surface area (Å²) in [5.74, 6) is 2.37. The molecule has 1 aromatic carbocycles. The molecule has 3 heteroatoms. The lowest BCUT2D eigenvalue weighted by atomic mass is 9.81. The summed E-state index contributed by atoms with van der Waals surface area (Å²) in [6, 6.07) is 6.71. The van der Waals surface area contributed by atoms with E-state index >= 15 is 0 Å². The molecule has 2 heterocycles. The number of piperidine rings is 1. The molecule has 0 aliphatic carbocycles. The first-order valence-electron chi connectivity index (χ1n) is 6.99. The van der Waals surface area contributed by atoms with Gasteiger partial charge in [-0.05, 0) is 25.5 Å². The van der Waals surface area contributed by atoms with Gasteiger partial charge in [-0.25, -0.2) is 0 Å². The molecule has 1 aromatic rings. The summed E-state index contributed by atoms with van der Waals surface area (Å²) in [5, 5.41) is 0. The highest BCUT2D eigenvalue weighted by Gasteiger charge is 2.37. The molecule has 0 saturated carbocycles. The quantitative estimate of drug-likeness (QED) is 0.779. The van der Waals surface area contributed by atoms with Gasteiger partial charge >= 0.3 is 0 Å². The lowest BCUT2D eigenvalue weighted by Gasteiger charge is -2.44. The normalized spacial score (nSPS) is 25.9. The SMILES string of the molecule is C=CCN1CCC[C@H]2c3cccc(OC)c3OC[C@@H]21. The summed E-state index contributed by atoms with van der Waals surface area (Å²) in [6.45, 7) is 6.71. The van der Waals surface area contributed by atoms with Crippen molar-refractivity contribution in [1.82, 2.24) is 4.90 Å². The lowest BCUT2D eigenvalue weighted by Crippen LogP contribution is -2.49. The van der Waals surface area contributed by atoms with Crippen molar-refractivity contribution in [2.45, 2.75) is 24.8 Å². The van der Waals surface area contributed by atoms with Crippen LogP contribution in [0.2, 0.25) is 0 Å². The van der Waals surface area contributed by atoms with Crippen LogP contribution < -0.4 is 9.47 Å². The average Bonchev–Trinajstić information content (AvgIpc) is 2.47. The molecule has 19 heavy (non-hydrogen) atoms. The molecular weight excluding hydrogens is 238 g/mol. The summed E-state index contributed by atoms with van der Waals surface area (Å²) < 4.78 is 11.4. The van der Waals surface area contributed by atoms with Crippen molar-refractivity contribution in [3.63, 3.8) is 0 Å². The fraction of sp³-hybridized carbons (Fsp3) is 0.500. The Morgan fingerprint density at radius 1 is 1.53 bits per heavy atom. The van der Waals surface area contributed by atoms with Crippen molar-refractivity contribution in [1.29, 1.82) is 0 Å². The van der Waals surface area contributed by atoms with Gasteiger partial charge in [0.25, 0.3) is 0 Å². The standard InChI is InChI=1S/C16H21NO2/c1-3-9-17-10-5-7-12-13-6-4-8-15(18-2)16(13)19-11-14(12)17/h3-4,6,8,12,14H,1,5,7,9-11H2,2H3/t12-,14-/m0/s1. The monoisotopic (exact) mass is 259 g/mol. The van der Waals surface area contributed by atoms with E-state index < -0.39 is 0 Å². The van der Waals surface area contributed by atoms with Crippen molar-refractivity contribution in [3.05, 3.63) is 36.4 Å². The van der Waals surface area contributed by atoms with Crippen LogP contribution in [-0.4, -0.2) is 37.7 Å². The molecule has 102 valence electrons. The van der Waals surface area contributed by atoms with E-state index in [0.29, 0.717) is 12.0 Å². The Kier molecular flexibility index (Phi) is 3.47. The van der Waals surface area contributed by atoms with Crippen LogP contribution in [0.5, 0.6) is 11.5 Å². The maximum absolute atomic E-state index is 5.99. The Balaban J connectivity index is 1.94. The second-order valence-corrected chi connectivity index (χ2v) is 5.29. The number of likely N-dealkylation sites (tertiary alicyclic amines) is 1. The number of rotatable bonds is 3. The zero-order valence-electron chi connectivity index (χ0n) is 11.5. The van der Waals surface area contributed by atoms with E-state index in [1.54, 1.807) is 7.11 Å². The minimum Gasteiger partial charge on any atom is -0.493 e. The molecule has 0 amide bonds. The zero-order valence-corrected chi connectivity index (χ0v) is 11.5. The Hall–Kier alpha value is -1.48. The third-order valence-corrected chi connectivity index (χ3v) is 4.28. The van der Waals surface area contributed by atoms with E-state index in [0.717, 1.165) is 31.2 Å². The fourth-order valence-electron chi connectivity index (χ4n) is 3.41. The van der Waals surface area contributed by atoms with Crippen LogP contribution >= 0.6 is 0 Å². The third-order valence-electron chi connectivity index (χ3n) is 4.28. The molecule has 2 aliphatic heterocycles. The summed E-state index contributed by atoms with van der Waals surface area (Å²) in [5.41, 5.74) is 1.31. The fourth-order valence-corrected chi connectivity index (χ4v) is 3.41. The van der Waals surface area contributed by atoms with Gasteiger partial charge in [-0.2, -0.15) is 0 Å². The van der Waals surface area contributed by atoms with Gasteiger partial charge in [-0.3, -0.25) is 4.90 Å². The maximum Gasteiger partial charge on any atom is 0.164 e. The Bertz CT molecular complexity index is 472. The van der Waals surface area contributed by atoms with E-state index in [9.17, 15) is 0 Å². The first-order chi connectivity index (χ1) is 9.35. The Morgan fingerprint density at radius 3 is 3.21 bits per heavy atom. The van der Waals surface area contributed by atoms with Gasteiger partial charge in [-0.1, -0.05) is 18.2 Å². The van der Waals surface area contributed by atoms with Crippen molar-refractivity contribution in [2.75, 3.05) is 26.8 Å². The molecule has 1 saturated heterocycles. The molecule has 0 unspecified atom stereocenters. The van der Waals surface area contributed by atoms with Crippen molar-refractivity contribution < 1.29 is 9.47 Å². The largest absolute Gasteiger partial charge is 0.493 e. The molecule has 0 bridgehead atoms. The summed E-state index contributed by atoms with van der Waals surface area (Å²) in [7, 11) is 1.70. The van der Waals surface area contributed by atoms with Crippen molar-refractivity contribution >= 4 is 0 Å². The maximum atomic E-state index is 5.99. The van der Waals surface area contributed by atoms with Gasteiger partial charge in [0.2, 0.25) is 0 Å². The van der Waals surface area contributed by atoms with Gasteiger partial charge in [0, 0.05) is 18.0 Å². The third kappa shape index (κ3) is 2.12. The number of para-hydroxylation sites is 1. The minimum absolute atomic E-state index is 0.478. The number of nitrogens with zero attached hydrogens (tertiary/aromatic N) is 1. The molecule has 2 aliphatic rings.